The zero-order valence-corrected chi connectivity index (χ0v) is 17.5. The zero-order valence-electron chi connectivity index (χ0n) is 16.7. The SMILES string of the molecule is CC(C)CCNC(=O)CC(c1cccc(C(F)(F)F)c1)c1cnc2ccc(Cl)cn12. The van der Waals surface area contributed by atoms with E-state index in [9.17, 15) is 18.0 Å². The molecule has 8 heteroatoms. The molecule has 3 aromatic rings. The highest BCUT2D eigenvalue weighted by atomic mass is 35.5. The van der Waals surface area contributed by atoms with Crippen LogP contribution in [0.2, 0.25) is 5.02 Å². The molecule has 30 heavy (non-hydrogen) atoms. The average Bonchev–Trinajstić information content (AvgIpc) is 3.08. The summed E-state index contributed by atoms with van der Waals surface area (Å²) < 4.78 is 41.5. The van der Waals surface area contributed by atoms with Gasteiger partial charge in [0.05, 0.1) is 16.3 Å². The van der Waals surface area contributed by atoms with Gasteiger partial charge in [0.1, 0.15) is 5.65 Å². The summed E-state index contributed by atoms with van der Waals surface area (Å²) in [5.74, 6) is -0.402. The highest BCUT2D eigenvalue weighted by Crippen LogP contribution is 2.34. The predicted molar refractivity (Wildman–Crippen MR) is 111 cm³/mol. The van der Waals surface area contributed by atoms with E-state index in [2.05, 4.69) is 24.1 Å². The lowest BCUT2D eigenvalue weighted by molar-refractivity contribution is -0.137. The van der Waals surface area contributed by atoms with Gasteiger partial charge in [-0.1, -0.05) is 43.6 Å². The number of aromatic nitrogens is 2. The Morgan fingerprint density at radius 2 is 2.00 bits per heavy atom. The number of imidazole rings is 1. The van der Waals surface area contributed by atoms with E-state index in [0.29, 0.717) is 34.4 Å². The molecular formula is C22H23ClF3N3O. The molecule has 1 aromatic carbocycles. The van der Waals surface area contributed by atoms with Gasteiger partial charge in [-0.25, -0.2) is 4.98 Å². The van der Waals surface area contributed by atoms with Crippen molar-refractivity contribution in [2.45, 2.75) is 38.8 Å². The van der Waals surface area contributed by atoms with E-state index in [1.54, 1.807) is 35.0 Å². The summed E-state index contributed by atoms with van der Waals surface area (Å²) in [6.45, 7) is 4.63. The number of alkyl halides is 3. The Labute approximate surface area is 178 Å². The van der Waals surface area contributed by atoms with E-state index in [0.717, 1.165) is 18.6 Å². The van der Waals surface area contributed by atoms with Crippen LogP contribution in [0, 0.1) is 5.92 Å². The zero-order chi connectivity index (χ0) is 21.9. The third kappa shape index (κ3) is 5.33. The minimum atomic E-state index is -4.47. The Morgan fingerprint density at radius 3 is 2.70 bits per heavy atom. The lowest BCUT2D eigenvalue weighted by Crippen LogP contribution is -2.27. The topological polar surface area (TPSA) is 46.4 Å². The van der Waals surface area contributed by atoms with Crippen LogP contribution in [0.15, 0.2) is 48.8 Å². The molecule has 0 saturated carbocycles. The summed E-state index contributed by atoms with van der Waals surface area (Å²) in [6, 6.07) is 8.48. The van der Waals surface area contributed by atoms with Crippen molar-refractivity contribution < 1.29 is 18.0 Å². The first kappa shape index (κ1) is 22.2. The first-order chi connectivity index (χ1) is 14.1. The molecule has 1 amide bonds. The fourth-order valence-corrected chi connectivity index (χ4v) is 3.47. The van der Waals surface area contributed by atoms with Crippen LogP contribution < -0.4 is 5.32 Å². The fraction of sp³-hybridized carbons (Fsp3) is 0.364. The van der Waals surface area contributed by atoms with E-state index in [4.69, 9.17) is 11.6 Å². The van der Waals surface area contributed by atoms with Crippen LogP contribution in [0.1, 0.15) is 49.4 Å². The number of carbonyl (C=O) groups is 1. The predicted octanol–water partition coefficient (Wildman–Crippen LogP) is 5.69. The lowest BCUT2D eigenvalue weighted by Gasteiger charge is -2.19. The normalized spacial score (nSPS) is 13.0. The number of rotatable bonds is 7. The van der Waals surface area contributed by atoms with Gasteiger partial charge in [0.2, 0.25) is 5.91 Å². The fourth-order valence-electron chi connectivity index (χ4n) is 3.31. The van der Waals surface area contributed by atoms with Crippen LogP contribution in [0.25, 0.3) is 5.65 Å². The summed E-state index contributed by atoms with van der Waals surface area (Å²) in [7, 11) is 0. The van der Waals surface area contributed by atoms with E-state index in [1.807, 2.05) is 0 Å². The van der Waals surface area contributed by atoms with Crippen molar-refractivity contribution in [1.29, 1.82) is 0 Å². The number of nitrogens with one attached hydrogen (secondary N) is 1. The molecule has 0 fully saturated rings. The summed E-state index contributed by atoms with van der Waals surface area (Å²) in [5, 5.41) is 3.33. The molecule has 0 saturated heterocycles. The van der Waals surface area contributed by atoms with Crippen LogP contribution in [0.4, 0.5) is 13.2 Å². The third-order valence-corrected chi connectivity index (χ3v) is 5.13. The largest absolute Gasteiger partial charge is 0.416 e. The number of benzene rings is 1. The van der Waals surface area contributed by atoms with Gasteiger partial charge in [-0.2, -0.15) is 13.2 Å². The summed E-state index contributed by atoms with van der Waals surface area (Å²) >= 11 is 6.11. The first-order valence-electron chi connectivity index (χ1n) is 9.71. The Bertz CT molecular complexity index is 1030. The van der Waals surface area contributed by atoms with Gasteiger partial charge in [-0.3, -0.25) is 4.79 Å². The van der Waals surface area contributed by atoms with Crippen molar-refractivity contribution in [2.24, 2.45) is 5.92 Å². The smallest absolute Gasteiger partial charge is 0.356 e. The minimum absolute atomic E-state index is 0.000285. The molecule has 2 aromatic heterocycles. The maximum Gasteiger partial charge on any atom is 0.416 e. The molecule has 1 N–H and O–H groups in total. The second kappa shape index (κ2) is 9.08. The Morgan fingerprint density at radius 1 is 1.23 bits per heavy atom. The summed E-state index contributed by atoms with van der Waals surface area (Å²) in [5.41, 5.74) is 0.847. The molecule has 2 heterocycles. The minimum Gasteiger partial charge on any atom is -0.356 e. The molecule has 160 valence electrons. The highest BCUT2D eigenvalue weighted by molar-refractivity contribution is 6.30. The molecule has 4 nitrogen and oxygen atoms in total. The van der Waals surface area contributed by atoms with Crippen molar-refractivity contribution in [3.63, 3.8) is 0 Å². The van der Waals surface area contributed by atoms with Crippen molar-refractivity contribution in [3.8, 4) is 0 Å². The van der Waals surface area contributed by atoms with E-state index in [1.165, 1.54) is 6.07 Å². The van der Waals surface area contributed by atoms with E-state index >= 15 is 0 Å². The lowest BCUT2D eigenvalue weighted by atomic mass is 9.91. The Hall–Kier alpha value is -2.54. The van der Waals surface area contributed by atoms with Crippen LogP contribution in [0.3, 0.4) is 0 Å². The van der Waals surface area contributed by atoms with Crippen LogP contribution in [-0.4, -0.2) is 21.8 Å². The number of pyridine rings is 1. The maximum atomic E-state index is 13.3. The standard InChI is InChI=1S/C22H23ClF3N3O/c1-14(2)8-9-27-21(30)11-18(15-4-3-5-16(10-15)22(24,25)26)19-12-28-20-7-6-17(23)13-29(19)20/h3-7,10,12-14,18H,8-9,11H2,1-2H3,(H,27,30). The second-order valence-corrected chi connectivity index (χ2v) is 8.11. The number of hydrogen-bond acceptors (Lipinski definition) is 2. The van der Waals surface area contributed by atoms with Gasteiger partial charge in [0.15, 0.2) is 0 Å². The molecule has 1 atom stereocenters. The molecule has 0 radical (unpaired) electrons. The molecule has 0 aliphatic rings. The molecule has 3 rings (SSSR count). The number of fused-ring (bicyclic) bond motifs is 1. The number of carbonyl (C=O) groups excluding carboxylic acids is 1. The average molecular weight is 438 g/mol. The van der Waals surface area contributed by atoms with Gasteiger partial charge >= 0.3 is 6.18 Å². The number of halogens is 4. The van der Waals surface area contributed by atoms with Crippen LogP contribution >= 0.6 is 11.6 Å². The summed E-state index contributed by atoms with van der Waals surface area (Å²) in [6.07, 6.45) is -0.414. The monoisotopic (exact) mass is 437 g/mol. The van der Waals surface area contributed by atoms with Crippen molar-refractivity contribution >= 4 is 23.2 Å². The molecular weight excluding hydrogens is 415 g/mol. The van der Waals surface area contributed by atoms with Crippen molar-refractivity contribution in [3.05, 3.63) is 70.6 Å². The maximum absolute atomic E-state index is 13.3. The van der Waals surface area contributed by atoms with Gasteiger partial charge in [0.25, 0.3) is 0 Å². The second-order valence-electron chi connectivity index (χ2n) is 7.67. The van der Waals surface area contributed by atoms with Gasteiger partial charge in [0, 0.05) is 31.3 Å². The number of hydrogen-bond donors (Lipinski definition) is 1. The van der Waals surface area contributed by atoms with Crippen molar-refractivity contribution in [2.75, 3.05) is 6.54 Å². The van der Waals surface area contributed by atoms with Gasteiger partial charge in [-0.15, -0.1) is 0 Å². The number of nitrogens with zero attached hydrogens (tertiary/aromatic N) is 2. The third-order valence-electron chi connectivity index (χ3n) is 4.90. The Balaban J connectivity index is 1.99. The molecule has 0 aliphatic carbocycles. The highest BCUT2D eigenvalue weighted by Gasteiger charge is 2.32. The van der Waals surface area contributed by atoms with Gasteiger partial charge < -0.3 is 9.72 Å². The first-order valence-corrected chi connectivity index (χ1v) is 10.1. The van der Waals surface area contributed by atoms with Crippen molar-refractivity contribution in [1.82, 2.24) is 14.7 Å². The molecule has 1 unspecified atom stereocenters. The van der Waals surface area contributed by atoms with E-state index in [-0.39, 0.29) is 12.3 Å². The quantitative estimate of drug-likeness (QED) is 0.516. The van der Waals surface area contributed by atoms with Gasteiger partial charge in [-0.05, 0) is 36.1 Å². The molecule has 0 spiro atoms. The molecule has 0 aliphatic heterocycles. The van der Waals surface area contributed by atoms with E-state index < -0.39 is 17.7 Å². The van der Waals surface area contributed by atoms with Crippen LogP contribution in [0.5, 0.6) is 0 Å². The van der Waals surface area contributed by atoms with Crippen LogP contribution in [-0.2, 0) is 11.0 Å². The Kier molecular flexibility index (Phi) is 6.71. The number of amides is 1. The molecule has 0 bridgehead atoms. The summed E-state index contributed by atoms with van der Waals surface area (Å²) in [4.78, 5) is 16.9.